The molecule has 1 saturated heterocycles. The number of amides is 2. The lowest BCUT2D eigenvalue weighted by molar-refractivity contribution is -0.275. The molecule has 0 aliphatic carbocycles. The normalized spacial score (nSPS) is 15.5. The van der Waals surface area contributed by atoms with E-state index in [2.05, 4.69) is 30.7 Å². The van der Waals surface area contributed by atoms with E-state index in [9.17, 15) is 26.4 Å². The first kappa shape index (κ1) is 18.8. The molecular weight excluding hydrogens is 419 g/mol. The number of nitrogens with zero attached hydrogens (tertiary/aromatic N) is 1. The largest absolute Gasteiger partial charge is 0.573 e. The van der Waals surface area contributed by atoms with Crippen LogP contribution in [0.25, 0.3) is 0 Å². The molecule has 0 bridgehead atoms. The maximum atomic E-state index is 12.4. The topological polar surface area (TPSA) is 87.7 Å². The standard InChI is InChI=1S/C12H13BrF3N3O4S/c13-8-1-2-10(9(7-8)23-12(14,15)16)24(21,22)18-4-6-19-5-3-17-11(19)20/h1-2,7,18H,3-6H2,(H,17,20). The second-order valence-corrected chi connectivity index (χ2v) is 7.41. The number of alkyl halides is 3. The molecule has 0 aromatic heterocycles. The Morgan fingerprint density at radius 1 is 1.38 bits per heavy atom. The van der Waals surface area contributed by atoms with Crippen molar-refractivity contribution in [3.8, 4) is 5.75 Å². The minimum Gasteiger partial charge on any atom is -0.404 e. The van der Waals surface area contributed by atoms with Crippen molar-refractivity contribution in [2.75, 3.05) is 26.2 Å². The number of rotatable bonds is 6. The molecule has 0 atom stereocenters. The van der Waals surface area contributed by atoms with Gasteiger partial charge in [0, 0.05) is 30.7 Å². The molecule has 0 radical (unpaired) electrons. The lowest BCUT2D eigenvalue weighted by Gasteiger charge is -2.16. The molecule has 0 unspecified atom stereocenters. The summed E-state index contributed by atoms with van der Waals surface area (Å²) in [7, 11) is -4.24. The monoisotopic (exact) mass is 431 g/mol. The molecule has 1 heterocycles. The van der Waals surface area contributed by atoms with Crippen LogP contribution in [0.2, 0.25) is 0 Å². The highest BCUT2D eigenvalue weighted by atomic mass is 79.9. The molecule has 7 nitrogen and oxygen atoms in total. The van der Waals surface area contributed by atoms with E-state index >= 15 is 0 Å². The van der Waals surface area contributed by atoms with Crippen molar-refractivity contribution in [1.29, 1.82) is 0 Å². The summed E-state index contributed by atoms with van der Waals surface area (Å²) in [5.41, 5.74) is 0. The van der Waals surface area contributed by atoms with Crippen LogP contribution in [0.5, 0.6) is 5.75 Å². The van der Waals surface area contributed by atoms with Gasteiger partial charge in [-0.15, -0.1) is 13.2 Å². The number of urea groups is 1. The Morgan fingerprint density at radius 2 is 2.08 bits per heavy atom. The van der Waals surface area contributed by atoms with Gasteiger partial charge in [0.15, 0.2) is 5.75 Å². The van der Waals surface area contributed by atoms with Crippen LogP contribution >= 0.6 is 15.9 Å². The molecule has 0 spiro atoms. The van der Waals surface area contributed by atoms with Crippen LogP contribution in [-0.4, -0.2) is 51.9 Å². The average Bonchev–Trinajstić information content (AvgIpc) is 2.82. The second kappa shape index (κ2) is 7.15. The fourth-order valence-electron chi connectivity index (χ4n) is 2.03. The molecule has 2 rings (SSSR count). The van der Waals surface area contributed by atoms with Crippen LogP contribution in [0.1, 0.15) is 0 Å². The average molecular weight is 432 g/mol. The summed E-state index contributed by atoms with van der Waals surface area (Å²) in [5.74, 6) is -0.844. The minimum absolute atomic E-state index is 0.0943. The highest BCUT2D eigenvalue weighted by Gasteiger charge is 2.34. The Morgan fingerprint density at radius 3 is 2.67 bits per heavy atom. The third-order valence-electron chi connectivity index (χ3n) is 3.04. The first-order chi connectivity index (χ1) is 11.1. The van der Waals surface area contributed by atoms with Gasteiger partial charge in [0.1, 0.15) is 4.90 Å². The van der Waals surface area contributed by atoms with E-state index in [1.165, 1.54) is 11.0 Å². The van der Waals surface area contributed by atoms with Crippen LogP contribution in [0.15, 0.2) is 27.6 Å². The van der Waals surface area contributed by atoms with Gasteiger partial charge in [-0.2, -0.15) is 0 Å². The van der Waals surface area contributed by atoms with Crippen LogP contribution in [0.3, 0.4) is 0 Å². The SMILES string of the molecule is O=C1NCCN1CCNS(=O)(=O)c1ccc(Br)cc1OC(F)(F)F. The number of benzene rings is 1. The lowest BCUT2D eigenvalue weighted by atomic mass is 10.3. The molecule has 1 fully saturated rings. The van der Waals surface area contributed by atoms with Crippen molar-refractivity contribution in [3.63, 3.8) is 0 Å². The number of carbonyl (C=O) groups is 1. The highest BCUT2D eigenvalue weighted by molar-refractivity contribution is 9.10. The Balaban J connectivity index is 2.11. The highest BCUT2D eigenvalue weighted by Crippen LogP contribution is 2.32. The zero-order chi connectivity index (χ0) is 18.0. The van der Waals surface area contributed by atoms with E-state index in [1.807, 2.05) is 0 Å². The number of carbonyl (C=O) groups excluding carboxylic acids is 1. The number of sulfonamides is 1. The van der Waals surface area contributed by atoms with Crippen molar-refractivity contribution in [1.82, 2.24) is 14.9 Å². The Bertz CT molecular complexity index is 727. The van der Waals surface area contributed by atoms with Crippen molar-refractivity contribution in [2.45, 2.75) is 11.3 Å². The molecule has 2 N–H and O–H groups in total. The van der Waals surface area contributed by atoms with Gasteiger partial charge in [0.2, 0.25) is 10.0 Å². The predicted molar refractivity (Wildman–Crippen MR) is 81.0 cm³/mol. The van der Waals surface area contributed by atoms with E-state index < -0.39 is 27.0 Å². The number of nitrogens with one attached hydrogen (secondary N) is 2. The van der Waals surface area contributed by atoms with Gasteiger partial charge in [-0.05, 0) is 18.2 Å². The van der Waals surface area contributed by atoms with Gasteiger partial charge in [0.25, 0.3) is 0 Å². The summed E-state index contributed by atoms with van der Waals surface area (Å²) >= 11 is 2.96. The Hall–Kier alpha value is -1.53. The van der Waals surface area contributed by atoms with E-state index in [-0.39, 0.29) is 23.6 Å². The van der Waals surface area contributed by atoms with Gasteiger partial charge in [-0.3, -0.25) is 0 Å². The van der Waals surface area contributed by atoms with Crippen molar-refractivity contribution in [3.05, 3.63) is 22.7 Å². The molecule has 1 aromatic carbocycles. The summed E-state index contributed by atoms with van der Waals surface area (Å²) in [6.07, 6.45) is -5.03. The van der Waals surface area contributed by atoms with E-state index in [1.54, 1.807) is 0 Å². The van der Waals surface area contributed by atoms with Crippen LogP contribution in [-0.2, 0) is 10.0 Å². The third-order valence-corrected chi connectivity index (χ3v) is 5.03. The van der Waals surface area contributed by atoms with Crippen molar-refractivity contribution >= 4 is 32.0 Å². The maximum Gasteiger partial charge on any atom is 0.573 e. The molecule has 1 aromatic rings. The molecule has 2 amide bonds. The molecule has 1 aliphatic heterocycles. The summed E-state index contributed by atoms with van der Waals surface area (Å²) in [6.45, 7) is 0.845. The van der Waals surface area contributed by atoms with Crippen LogP contribution < -0.4 is 14.8 Å². The maximum absolute atomic E-state index is 12.4. The Labute approximate surface area is 144 Å². The van der Waals surface area contributed by atoms with E-state index in [0.717, 1.165) is 12.1 Å². The molecule has 12 heteroatoms. The third kappa shape index (κ3) is 4.98. The van der Waals surface area contributed by atoms with Gasteiger partial charge < -0.3 is 15.0 Å². The fraction of sp³-hybridized carbons (Fsp3) is 0.417. The molecule has 134 valence electrons. The number of ether oxygens (including phenoxy) is 1. The summed E-state index contributed by atoms with van der Waals surface area (Å²) in [6, 6.07) is 2.87. The predicted octanol–water partition coefficient (Wildman–Crippen LogP) is 1.65. The lowest BCUT2D eigenvalue weighted by Crippen LogP contribution is -2.37. The zero-order valence-electron chi connectivity index (χ0n) is 12.1. The number of hydrogen-bond donors (Lipinski definition) is 2. The summed E-state index contributed by atoms with van der Waals surface area (Å²) in [4.78, 5) is 12.1. The summed E-state index contributed by atoms with van der Waals surface area (Å²) in [5, 5.41) is 2.55. The van der Waals surface area contributed by atoms with E-state index in [0.29, 0.717) is 13.1 Å². The second-order valence-electron chi connectivity index (χ2n) is 4.76. The number of halogens is 4. The van der Waals surface area contributed by atoms with Gasteiger partial charge in [-0.25, -0.2) is 17.9 Å². The molecule has 24 heavy (non-hydrogen) atoms. The van der Waals surface area contributed by atoms with Crippen LogP contribution in [0.4, 0.5) is 18.0 Å². The fourth-order valence-corrected chi connectivity index (χ4v) is 3.49. The van der Waals surface area contributed by atoms with E-state index in [4.69, 9.17) is 0 Å². The first-order valence-electron chi connectivity index (χ1n) is 6.66. The van der Waals surface area contributed by atoms with Gasteiger partial charge in [-0.1, -0.05) is 15.9 Å². The first-order valence-corrected chi connectivity index (χ1v) is 8.94. The summed E-state index contributed by atoms with van der Waals surface area (Å²) < 4.78 is 67.9. The van der Waals surface area contributed by atoms with Gasteiger partial charge in [0.05, 0.1) is 0 Å². The van der Waals surface area contributed by atoms with Gasteiger partial charge >= 0.3 is 12.4 Å². The molecule has 1 aliphatic rings. The number of hydrogen-bond acceptors (Lipinski definition) is 4. The molecule has 0 saturated carbocycles. The van der Waals surface area contributed by atoms with Crippen molar-refractivity contribution in [2.24, 2.45) is 0 Å². The quantitative estimate of drug-likeness (QED) is 0.716. The smallest absolute Gasteiger partial charge is 0.404 e. The van der Waals surface area contributed by atoms with Crippen LogP contribution in [0, 0.1) is 0 Å². The molecular formula is C12H13BrF3N3O4S. The zero-order valence-corrected chi connectivity index (χ0v) is 14.5. The Kier molecular flexibility index (Phi) is 5.60. The van der Waals surface area contributed by atoms with Crippen molar-refractivity contribution < 1.29 is 31.1 Å². The minimum atomic E-state index is -5.03.